The van der Waals surface area contributed by atoms with E-state index < -0.39 is 5.97 Å². The molecular formula is C13H27NO2. The summed E-state index contributed by atoms with van der Waals surface area (Å²) in [5.41, 5.74) is 0. The molecule has 2 N–H and O–H groups in total. The average molecular weight is 229 g/mol. The summed E-state index contributed by atoms with van der Waals surface area (Å²) in [6, 6.07) is 0.425. The van der Waals surface area contributed by atoms with Crippen LogP contribution in [0.5, 0.6) is 0 Å². The molecule has 0 aromatic heterocycles. The van der Waals surface area contributed by atoms with Crippen LogP contribution in [-0.4, -0.2) is 23.7 Å². The minimum atomic E-state index is -0.677. The lowest BCUT2D eigenvalue weighted by Gasteiger charge is -2.19. The highest BCUT2D eigenvalue weighted by atomic mass is 16.4. The van der Waals surface area contributed by atoms with Crippen LogP contribution >= 0.6 is 0 Å². The molecule has 0 saturated carbocycles. The van der Waals surface area contributed by atoms with Crippen LogP contribution in [0, 0.1) is 11.8 Å². The van der Waals surface area contributed by atoms with E-state index in [2.05, 4.69) is 33.0 Å². The Balaban J connectivity index is 3.87. The Kier molecular flexibility index (Phi) is 8.26. The molecule has 0 aliphatic rings. The van der Waals surface area contributed by atoms with E-state index >= 15 is 0 Å². The van der Waals surface area contributed by atoms with Gasteiger partial charge in [0.05, 0.1) is 5.92 Å². The smallest absolute Gasteiger partial charge is 0.307 e. The van der Waals surface area contributed by atoms with Crippen molar-refractivity contribution in [3.8, 4) is 0 Å². The Morgan fingerprint density at radius 3 is 2.38 bits per heavy atom. The molecule has 0 spiro atoms. The van der Waals surface area contributed by atoms with Gasteiger partial charge in [-0.2, -0.15) is 0 Å². The second-order valence-corrected chi connectivity index (χ2v) is 5.12. The molecule has 0 aliphatic heterocycles. The predicted molar refractivity (Wildman–Crippen MR) is 67.6 cm³/mol. The third kappa shape index (κ3) is 7.69. The zero-order valence-corrected chi connectivity index (χ0v) is 11.1. The van der Waals surface area contributed by atoms with Gasteiger partial charge in [-0.15, -0.1) is 0 Å². The molecular weight excluding hydrogens is 202 g/mol. The zero-order chi connectivity index (χ0) is 12.6. The molecule has 0 heterocycles. The summed E-state index contributed by atoms with van der Waals surface area (Å²) < 4.78 is 0. The van der Waals surface area contributed by atoms with Gasteiger partial charge in [-0.25, -0.2) is 0 Å². The number of hydrogen-bond acceptors (Lipinski definition) is 2. The maximum Gasteiger partial charge on any atom is 0.307 e. The van der Waals surface area contributed by atoms with Crippen molar-refractivity contribution in [3.05, 3.63) is 0 Å². The normalized spacial score (nSPS) is 15.1. The number of hydrogen-bond donors (Lipinski definition) is 2. The van der Waals surface area contributed by atoms with Crippen LogP contribution in [0.25, 0.3) is 0 Å². The molecule has 16 heavy (non-hydrogen) atoms. The third-order valence-corrected chi connectivity index (χ3v) is 2.81. The predicted octanol–water partition coefficient (Wildman–Crippen LogP) is 2.90. The molecule has 0 aromatic rings. The fourth-order valence-electron chi connectivity index (χ4n) is 1.80. The lowest BCUT2D eigenvalue weighted by atomic mass is 9.97. The first-order valence-electron chi connectivity index (χ1n) is 6.43. The van der Waals surface area contributed by atoms with E-state index in [1.807, 2.05) is 0 Å². The van der Waals surface area contributed by atoms with Gasteiger partial charge < -0.3 is 10.4 Å². The van der Waals surface area contributed by atoms with Crippen molar-refractivity contribution in [1.82, 2.24) is 5.32 Å². The molecule has 0 radical (unpaired) electrons. The van der Waals surface area contributed by atoms with E-state index in [0.29, 0.717) is 18.5 Å². The van der Waals surface area contributed by atoms with E-state index in [4.69, 9.17) is 5.11 Å². The van der Waals surface area contributed by atoms with Gasteiger partial charge in [0.2, 0.25) is 0 Å². The summed E-state index contributed by atoms with van der Waals surface area (Å²) >= 11 is 0. The van der Waals surface area contributed by atoms with Crippen LogP contribution in [0.2, 0.25) is 0 Å². The minimum Gasteiger partial charge on any atom is -0.481 e. The lowest BCUT2D eigenvalue weighted by Crippen LogP contribution is -2.35. The van der Waals surface area contributed by atoms with Gasteiger partial charge in [-0.05, 0) is 25.7 Å². The standard InChI is InChI=1S/C13H27NO2/c1-5-6-7-11(4)14-9-12(13(15)16)8-10(2)3/h10-12,14H,5-9H2,1-4H3,(H,15,16). The van der Waals surface area contributed by atoms with Crippen molar-refractivity contribution in [1.29, 1.82) is 0 Å². The van der Waals surface area contributed by atoms with Crippen molar-refractivity contribution in [3.63, 3.8) is 0 Å². The Labute approximate surface area is 99.6 Å². The zero-order valence-electron chi connectivity index (χ0n) is 11.1. The highest BCUT2D eigenvalue weighted by Gasteiger charge is 2.19. The van der Waals surface area contributed by atoms with Crippen molar-refractivity contribution < 1.29 is 9.90 Å². The van der Waals surface area contributed by atoms with Gasteiger partial charge in [-0.1, -0.05) is 33.6 Å². The van der Waals surface area contributed by atoms with Crippen molar-refractivity contribution in [2.24, 2.45) is 11.8 Å². The van der Waals surface area contributed by atoms with E-state index in [0.717, 1.165) is 12.8 Å². The first kappa shape index (κ1) is 15.4. The summed E-state index contributed by atoms with van der Waals surface area (Å²) in [6.45, 7) is 9.03. The first-order chi connectivity index (χ1) is 7.47. The van der Waals surface area contributed by atoms with E-state index in [1.165, 1.54) is 12.8 Å². The highest BCUT2D eigenvalue weighted by Crippen LogP contribution is 2.11. The molecule has 2 unspecified atom stereocenters. The molecule has 0 aromatic carbocycles. The van der Waals surface area contributed by atoms with E-state index in [-0.39, 0.29) is 5.92 Å². The molecule has 0 fully saturated rings. The summed E-state index contributed by atoms with van der Waals surface area (Å²) in [5.74, 6) is -0.484. The lowest BCUT2D eigenvalue weighted by molar-refractivity contribution is -0.142. The Morgan fingerprint density at radius 2 is 1.94 bits per heavy atom. The second kappa shape index (κ2) is 8.57. The SMILES string of the molecule is CCCCC(C)NCC(CC(C)C)C(=O)O. The van der Waals surface area contributed by atoms with E-state index in [9.17, 15) is 4.79 Å². The largest absolute Gasteiger partial charge is 0.481 e. The van der Waals surface area contributed by atoms with Gasteiger partial charge >= 0.3 is 5.97 Å². The van der Waals surface area contributed by atoms with E-state index in [1.54, 1.807) is 0 Å². The summed E-state index contributed by atoms with van der Waals surface area (Å²) in [4.78, 5) is 11.0. The fourth-order valence-corrected chi connectivity index (χ4v) is 1.80. The maximum atomic E-state index is 11.0. The minimum absolute atomic E-state index is 0.246. The van der Waals surface area contributed by atoms with Crippen molar-refractivity contribution in [2.45, 2.75) is 59.4 Å². The maximum absolute atomic E-state index is 11.0. The van der Waals surface area contributed by atoms with Crippen LogP contribution in [0.15, 0.2) is 0 Å². The third-order valence-electron chi connectivity index (χ3n) is 2.81. The molecule has 0 bridgehead atoms. The number of carbonyl (C=O) groups is 1. The summed E-state index contributed by atoms with van der Waals surface area (Å²) in [6.07, 6.45) is 4.28. The van der Waals surface area contributed by atoms with Crippen LogP contribution in [0.3, 0.4) is 0 Å². The monoisotopic (exact) mass is 229 g/mol. The molecule has 2 atom stereocenters. The summed E-state index contributed by atoms with van der Waals surface area (Å²) in [5, 5.41) is 12.4. The number of rotatable bonds is 9. The Morgan fingerprint density at radius 1 is 1.31 bits per heavy atom. The number of carboxylic acid groups (broad SMARTS) is 1. The van der Waals surface area contributed by atoms with Crippen LogP contribution in [0.4, 0.5) is 0 Å². The number of nitrogens with one attached hydrogen (secondary N) is 1. The Bertz CT molecular complexity index is 192. The first-order valence-corrected chi connectivity index (χ1v) is 6.43. The molecule has 0 rings (SSSR count). The number of aliphatic carboxylic acids is 1. The average Bonchev–Trinajstić information content (AvgIpc) is 2.20. The highest BCUT2D eigenvalue weighted by molar-refractivity contribution is 5.70. The van der Waals surface area contributed by atoms with Gasteiger partial charge in [-0.3, -0.25) is 4.79 Å². The van der Waals surface area contributed by atoms with Crippen LogP contribution in [0.1, 0.15) is 53.4 Å². The molecule has 0 aliphatic carbocycles. The number of carboxylic acids is 1. The molecule has 0 saturated heterocycles. The quantitative estimate of drug-likeness (QED) is 0.639. The Hall–Kier alpha value is -0.570. The van der Waals surface area contributed by atoms with Crippen LogP contribution < -0.4 is 5.32 Å². The fraction of sp³-hybridized carbons (Fsp3) is 0.923. The topological polar surface area (TPSA) is 49.3 Å². The van der Waals surface area contributed by atoms with Crippen molar-refractivity contribution >= 4 is 5.97 Å². The molecule has 96 valence electrons. The van der Waals surface area contributed by atoms with Gasteiger partial charge in [0.25, 0.3) is 0 Å². The molecule has 3 nitrogen and oxygen atoms in total. The second-order valence-electron chi connectivity index (χ2n) is 5.12. The van der Waals surface area contributed by atoms with Crippen LogP contribution in [-0.2, 0) is 4.79 Å². The number of unbranched alkanes of at least 4 members (excludes halogenated alkanes) is 1. The van der Waals surface area contributed by atoms with Gasteiger partial charge in [0.15, 0.2) is 0 Å². The van der Waals surface area contributed by atoms with Crippen molar-refractivity contribution in [2.75, 3.05) is 6.54 Å². The van der Waals surface area contributed by atoms with Gasteiger partial charge in [0.1, 0.15) is 0 Å². The summed E-state index contributed by atoms with van der Waals surface area (Å²) in [7, 11) is 0. The molecule has 3 heteroatoms. The molecule has 0 amide bonds. The van der Waals surface area contributed by atoms with Gasteiger partial charge in [0, 0.05) is 12.6 Å².